The van der Waals surface area contributed by atoms with Gasteiger partial charge in [0.1, 0.15) is 0 Å². The number of hydrogen-bond donors (Lipinski definition) is 3. The summed E-state index contributed by atoms with van der Waals surface area (Å²) in [5, 5.41) is 14.0. The summed E-state index contributed by atoms with van der Waals surface area (Å²) >= 11 is 0.872. The minimum Gasteiger partial charge on any atom is -0.378 e. The molecule has 4 rings (SSSR count). The number of sulfonamides is 1. The fourth-order valence-corrected chi connectivity index (χ4v) is 5.11. The number of thiazole rings is 1. The first-order valence-electron chi connectivity index (χ1n) is 9.68. The third-order valence-electron chi connectivity index (χ3n) is 4.46. The molecule has 32 heavy (non-hydrogen) atoms. The zero-order valence-electron chi connectivity index (χ0n) is 17.1. The lowest BCUT2D eigenvalue weighted by Crippen LogP contribution is -2.36. The molecule has 3 heterocycles. The molecule has 3 aromatic rings. The van der Waals surface area contributed by atoms with Crippen molar-refractivity contribution < 1.29 is 17.9 Å². The maximum atomic E-state index is 12.6. The van der Waals surface area contributed by atoms with Crippen LogP contribution in [0, 0.1) is 0 Å². The Labute approximate surface area is 188 Å². The van der Waals surface area contributed by atoms with Crippen LogP contribution in [0.2, 0.25) is 0 Å². The Kier molecular flexibility index (Phi) is 6.48. The summed E-state index contributed by atoms with van der Waals surface area (Å²) in [6, 6.07) is 8.64. The number of amides is 1. The first-order valence-corrected chi connectivity index (χ1v) is 12.0. The van der Waals surface area contributed by atoms with E-state index < -0.39 is 10.0 Å². The summed E-state index contributed by atoms with van der Waals surface area (Å²) in [5.74, 6) is 0.261. The van der Waals surface area contributed by atoms with Crippen LogP contribution in [-0.4, -0.2) is 55.8 Å². The van der Waals surface area contributed by atoms with Gasteiger partial charge < -0.3 is 20.3 Å². The number of carbonyl (C=O) groups excluding carboxylic acids is 1. The molecule has 0 bridgehead atoms. The number of carbonyl (C=O) groups is 1. The van der Waals surface area contributed by atoms with Crippen molar-refractivity contribution in [3.05, 3.63) is 42.7 Å². The number of ether oxygens (including phenoxy) is 1. The van der Waals surface area contributed by atoms with Gasteiger partial charge in [0, 0.05) is 37.5 Å². The van der Waals surface area contributed by atoms with Crippen molar-refractivity contribution in [2.75, 3.05) is 46.6 Å². The largest absolute Gasteiger partial charge is 0.378 e. The molecule has 1 fully saturated rings. The van der Waals surface area contributed by atoms with E-state index in [1.165, 1.54) is 13.1 Å². The van der Waals surface area contributed by atoms with Gasteiger partial charge in [0.2, 0.25) is 5.91 Å². The molecule has 0 atom stereocenters. The summed E-state index contributed by atoms with van der Waals surface area (Å²) in [7, 11) is -3.82. The maximum Gasteiger partial charge on any atom is 0.273 e. The molecule has 0 radical (unpaired) electrons. The fourth-order valence-electron chi connectivity index (χ4n) is 2.98. The van der Waals surface area contributed by atoms with Crippen LogP contribution in [0.3, 0.4) is 0 Å². The molecule has 0 saturated carbocycles. The SMILES string of the molecule is CC(=O)Nc1ncc(S(=O)(=O)Nc2ccc(Nc3cc(N4CCOCC4)cnn3)cc2)s1. The van der Waals surface area contributed by atoms with E-state index in [4.69, 9.17) is 4.74 Å². The van der Waals surface area contributed by atoms with Crippen LogP contribution in [0.1, 0.15) is 6.92 Å². The summed E-state index contributed by atoms with van der Waals surface area (Å²) in [4.78, 5) is 17.2. The molecule has 1 aliphatic rings. The summed E-state index contributed by atoms with van der Waals surface area (Å²) in [6.07, 6.45) is 2.92. The van der Waals surface area contributed by atoms with Crippen LogP contribution in [0.4, 0.5) is 28.0 Å². The van der Waals surface area contributed by atoms with E-state index in [0.717, 1.165) is 35.8 Å². The monoisotopic (exact) mass is 475 g/mol. The highest BCUT2D eigenvalue weighted by Gasteiger charge is 2.19. The van der Waals surface area contributed by atoms with Gasteiger partial charge in [0.25, 0.3) is 10.0 Å². The molecule has 0 aliphatic carbocycles. The van der Waals surface area contributed by atoms with E-state index in [0.29, 0.717) is 24.7 Å². The second-order valence-corrected chi connectivity index (χ2v) is 9.81. The van der Waals surface area contributed by atoms with Crippen LogP contribution in [0.15, 0.2) is 46.9 Å². The lowest BCUT2D eigenvalue weighted by atomic mass is 10.3. The van der Waals surface area contributed by atoms with Crippen LogP contribution in [0.5, 0.6) is 0 Å². The van der Waals surface area contributed by atoms with Crippen molar-refractivity contribution in [3.8, 4) is 0 Å². The number of anilines is 5. The van der Waals surface area contributed by atoms with Crippen molar-refractivity contribution in [2.45, 2.75) is 11.1 Å². The molecule has 1 saturated heterocycles. The van der Waals surface area contributed by atoms with Crippen molar-refractivity contribution in [1.82, 2.24) is 15.2 Å². The van der Waals surface area contributed by atoms with Gasteiger partial charge in [-0.2, -0.15) is 5.10 Å². The summed E-state index contributed by atoms with van der Waals surface area (Å²) in [5.41, 5.74) is 2.07. The average Bonchev–Trinajstić information content (AvgIpc) is 3.25. The van der Waals surface area contributed by atoms with Gasteiger partial charge in [-0.3, -0.25) is 9.52 Å². The normalized spacial score (nSPS) is 14.1. The van der Waals surface area contributed by atoms with Crippen molar-refractivity contribution in [2.24, 2.45) is 0 Å². The minimum absolute atomic E-state index is 0.00125. The van der Waals surface area contributed by atoms with Gasteiger partial charge in [-0.15, -0.1) is 5.10 Å². The number of nitrogens with one attached hydrogen (secondary N) is 3. The predicted octanol–water partition coefficient (Wildman–Crippen LogP) is 2.27. The molecule has 11 nitrogen and oxygen atoms in total. The number of morpholine rings is 1. The van der Waals surface area contributed by atoms with E-state index in [1.54, 1.807) is 30.5 Å². The highest BCUT2D eigenvalue weighted by atomic mass is 32.2. The minimum atomic E-state index is -3.82. The zero-order valence-corrected chi connectivity index (χ0v) is 18.7. The van der Waals surface area contributed by atoms with E-state index >= 15 is 0 Å². The molecule has 0 spiro atoms. The van der Waals surface area contributed by atoms with Gasteiger partial charge in [0.15, 0.2) is 15.2 Å². The van der Waals surface area contributed by atoms with E-state index in [-0.39, 0.29) is 15.2 Å². The number of nitrogens with zero attached hydrogens (tertiary/aromatic N) is 4. The first kappa shape index (κ1) is 21.9. The van der Waals surface area contributed by atoms with E-state index in [9.17, 15) is 13.2 Å². The lowest BCUT2D eigenvalue weighted by molar-refractivity contribution is -0.114. The van der Waals surface area contributed by atoms with E-state index in [1.807, 2.05) is 6.07 Å². The summed E-state index contributed by atoms with van der Waals surface area (Å²) in [6.45, 7) is 4.28. The van der Waals surface area contributed by atoms with Crippen molar-refractivity contribution >= 4 is 55.3 Å². The molecular formula is C19H21N7O4S2. The Morgan fingerprint density at radius 3 is 2.56 bits per heavy atom. The number of hydrogen-bond acceptors (Lipinski definition) is 10. The topological polar surface area (TPSA) is 138 Å². The van der Waals surface area contributed by atoms with Gasteiger partial charge in [-0.25, -0.2) is 13.4 Å². The predicted molar refractivity (Wildman–Crippen MR) is 122 cm³/mol. The maximum absolute atomic E-state index is 12.6. The quantitative estimate of drug-likeness (QED) is 0.470. The molecule has 13 heteroatoms. The fraction of sp³-hybridized carbons (Fsp3) is 0.263. The standard InChI is InChI=1S/C19H21N7O4S2/c1-13(27)22-19-20-12-18(31-19)32(28,29)25-15-4-2-14(3-5-15)23-17-10-16(11-21-24-17)26-6-8-30-9-7-26/h2-5,10-12,25H,6-9H2,1H3,(H,23,24)(H,20,22,27). The highest BCUT2D eigenvalue weighted by Crippen LogP contribution is 2.26. The number of benzene rings is 1. The van der Waals surface area contributed by atoms with Gasteiger partial charge in [-0.1, -0.05) is 11.3 Å². The van der Waals surface area contributed by atoms with Crippen molar-refractivity contribution in [3.63, 3.8) is 0 Å². The van der Waals surface area contributed by atoms with Crippen LogP contribution in [-0.2, 0) is 19.6 Å². The van der Waals surface area contributed by atoms with Crippen LogP contribution < -0.4 is 20.3 Å². The van der Waals surface area contributed by atoms with Gasteiger partial charge >= 0.3 is 0 Å². The molecule has 0 unspecified atom stereocenters. The first-order chi connectivity index (χ1) is 15.4. The lowest BCUT2D eigenvalue weighted by Gasteiger charge is -2.28. The van der Waals surface area contributed by atoms with Gasteiger partial charge in [-0.05, 0) is 24.3 Å². The molecule has 3 N–H and O–H groups in total. The van der Waals surface area contributed by atoms with Crippen LogP contribution >= 0.6 is 11.3 Å². The van der Waals surface area contributed by atoms with Gasteiger partial charge in [0.05, 0.1) is 31.3 Å². The number of aromatic nitrogens is 3. The molecule has 2 aromatic heterocycles. The molecule has 1 amide bonds. The molecular weight excluding hydrogens is 454 g/mol. The molecule has 1 aromatic carbocycles. The second-order valence-electron chi connectivity index (χ2n) is 6.87. The molecule has 1 aliphatic heterocycles. The highest BCUT2D eigenvalue weighted by molar-refractivity contribution is 7.94. The molecule has 168 valence electrons. The Morgan fingerprint density at radius 1 is 1.12 bits per heavy atom. The number of rotatable bonds is 7. The Hall–Kier alpha value is -3.29. The average molecular weight is 476 g/mol. The Balaban J connectivity index is 1.41. The Morgan fingerprint density at radius 2 is 1.84 bits per heavy atom. The van der Waals surface area contributed by atoms with Crippen molar-refractivity contribution in [1.29, 1.82) is 0 Å². The smallest absolute Gasteiger partial charge is 0.273 e. The summed E-state index contributed by atoms with van der Waals surface area (Å²) < 4.78 is 33.0. The van der Waals surface area contributed by atoms with E-state index in [2.05, 4.69) is 35.4 Å². The zero-order chi connectivity index (χ0) is 22.6. The third-order valence-corrected chi connectivity index (χ3v) is 7.21. The third kappa shape index (κ3) is 5.49. The second kappa shape index (κ2) is 9.46. The van der Waals surface area contributed by atoms with Crippen LogP contribution in [0.25, 0.3) is 0 Å². The Bertz CT molecular complexity index is 1190.